The van der Waals surface area contributed by atoms with Gasteiger partial charge in [0.15, 0.2) is 0 Å². The van der Waals surface area contributed by atoms with Crippen molar-refractivity contribution in [3.8, 4) is 5.75 Å². The Balaban J connectivity index is 1.24. The molecule has 0 radical (unpaired) electrons. The van der Waals surface area contributed by atoms with E-state index in [0.717, 1.165) is 17.7 Å². The minimum Gasteiger partial charge on any atom is -0.489 e. The smallest absolute Gasteiger partial charge is 0.255 e. The number of ether oxygens (including phenoxy) is 2. The Morgan fingerprint density at radius 2 is 1.59 bits per heavy atom. The van der Waals surface area contributed by atoms with E-state index >= 15 is 0 Å². The van der Waals surface area contributed by atoms with Crippen molar-refractivity contribution in [2.45, 2.75) is 61.3 Å². The summed E-state index contributed by atoms with van der Waals surface area (Å²) in [7, 11) is 13.1. The molecule has 0 saturated carbocycles. The third-order valence-corrected chi connectivity index (χ3v) is 8.85. The predicted octanol–water partition coefficient (Wildman–Crippen LogP) is -4.38. The van der Waals surface area contributed by atoms with Gasteiger partial charge in [-0.25, -0.2) is 0 Å². The van der Waals surface area contributed by atoms with Crippen molar-refractivity contribution in [2.75, 3.05) is 0 Å². The lowest BCUT2D eigenvalue weighted by molar-refractivity contribution is -0.136. The first-order valence-electron chi connectivity index (χ1n) is 13.8. The minimum atomic E-state index is -0.643. The van der Waals surface area contributed by atoms with Crippen molar-refractivity contribution in [3.63, 3.8) is 0 Å². The summed E-state index contributed by atoms with van der Waals surface area (Å²) in [4.78, 5) is 41.1. The molecule has 14 heteroatoms. The Bertz CT molecular complexity index is 1290. The van der Waals surface area contributed by atoms with Crippen molar-refractivity contribution in [1.29, 1.82) is 0 Å². The highest BCUT2D eigenvalue weighted by Crippen LogP contribution is 2.34. The minimum absolute atomic E-state index is 0.202. The maximum atomic E-state index is 13.1. The molecule has 2 aromatic carbocycles. The fraction of sp³-hybridized carbons (Fsp3) is 0.400. The Kier molecular flexibility index (Phi) is 7.31. The third-order valence-electron chi connectivity index (χ3n) is 8.85. The van der Waals surface area contributed by atoms with Gasteiger partial charge in [-0.2, -0.15) is 0 Å². The molecule has 196 valence electrons. The van der Waals surface area contributed by atoms with Gasteiger partial charge >= 0.3 is 0 Å². The van der Waals surface area contributed by atoms with E-state index in [0.29, 0.717) is 24.3 Å². The van der Waals surface area contributed by atoms with E-state index in [1.165, 1.54) is 5.56 Å². The highest BCUT2D eigenvalue weighted by atomic mass is 16.5. The van der Waals surface area contributed by atoms with Gasteiger partial charge in [-0.15, -0.1) is 0 Å². The highest BCUT2D eigenvalue weighted by Gasteiger charge is 2.47. The second-order valence-corrected chi connectivity index (χ2v) is 12.1. The molecule has 1 N–H and O–H groups in total. The predicted molar refractivity (Wildman–Crippen MR) is 164 cm³/mol. The zero-order valence-electron chi connectivity index (χ0n) is 23.7. The lowest BCUT2D eigenvalue weighted by atomic mass is 9.46. The highest BCUT2D eigenvalue weighted by molar-refractivity contribution is 6.47. The molecule has 8 nitrogen and oxygen atoms in total. The number of benzene rings is 2. The summed E-state index contributed by atoms with van der Waals surface area (Å²) >= 11 is 0. The number of rotatable bonds is 6. The average molecular weight is 520 g/mol. The molecule has 3 atom stereocenters. The molecule has 3 unspecified atom stereocenters. The molecule has 3 aliphatic rings. The molecule has 2 fully saturated rings. The number of morpholine rings is 1. The van der Waals surface area contributed by atoms with E-state index < -0.39 is 11.9 Å². The van der Waals surface area contributed by atoms with Crippen LogP contribution in [0.5, 0.6) is 5.75 Å². The molecule has 2 aromatic rings. The molecule has 3 aliphatic heterocycles. The second kappa shape index (κ2) is 10.3. The van der Waals surface area contributed by atoms with E-state index in [-0.39, 0.29) is 47.5 Å². The van der Waals surface area contributed by atoms with Gasteiger partial charge in [-0.1, -0.05) is 30.3 Å². The van der Waals surface area contributed by atoms with E-state index in [4.69, 9.17) is 9.47 Å². The van der Waals surface area contributed by atoms with Crippen molar-refractivity contribution in [1.82, 2.24) is 15.1 Å². The van der Waals surface area contributed by atoms with Crippen molar-refractivity contribution in [3.05, 3.63) is 64.7 Å². The van der Waals surface area contributed by atoms with Crippen LogP contribution in [0.15, 0.2) is 42.5 Å². The molecule has 0 spiro atoms. The maximum Gasteiger partial charge on any atom is 0.255 e. The Morgan fingerprint density at radius 3 is 2.23 bits per heavy atom. The van der Waals surface area contributed by atoms with E-state index in [2.05, 4.69) is 81.6 Å². The van der Waals surface area contributed by atoms with Gasteiger partial charge in [0.05, 0.1) is 6.54 Å². The molecule has 3 heterocycles. The van der Waals surface area contributed by atoms with Gasteiger partial charge in [-0.3, -0.25) is 19.7 Å². The number of imide groups is 1. The van der Waals surface area contributed by atoms with Crippen LogP contribution in [0.25, 0.3) is 0 Å². The molecule has 0 aromatic heterocycles. The van der Waals surface area contributed by atoms with Crippen LogP contribution < -0.4 is 10.1 Å². The summed E-state index contributed by atoms with van der Waals surface area (Å²) in [6.45, 7) is 1.50. The van der Waals surface area contributed by atoms with Crippen LogP contribution in [0.2, 0.25) is 0 Å². The van der Waals surface area contributed by atoms with Gasteiger partial charge in [0.1, 0.15) is 65.5 Å². The lowest BCUT2D eigenvalue weighted by Crippen LogP contribution is -2.73. The fourth-order valence-electron chi connectivity index (χ4n) is 6.06. The van der Waals surface area contributed by atoms with E-state index in [9.17, 15) is 14.4 Å². The van der Waals surface area contributed by atoms with Crippen LogP contribution in [0, 0.1) is 0 Å². The Morgan fingerprint density at radius 1 is 0.949 bits per heavy atom. The molecule has 0 bridgehead atoms. The van der Waals surface area contributed by atoms with Crippen molar-refractivity contribution in [2.24, 2.45) is 0 Å². The van der Waals surface area contributed by atoms with Crippen LogP contribution in [-0.2, 0) is 34.0 Å². The summed E-state index contributed by atoms with van der Waals surface area (Å²) < 4.78 is 12.6. The first-order valence-corrected chi connectivity index (χ1v) is 13.8. The van der Waals surface area contributed by atoms with Gasteiger partial charge in [-0.05, 0) is 41.6 Å². The van der Waals surface area contributed by atoms with Crippen LogP contribution in [0.1, 0.15) is 39.9 Å². The van der Waals surface area contributed by atoms with Crippen LogP contribution >= 0.6 is 0 Å². The molecule has 2 saturated heterocycles. The number of nitrogens with zero attached hydrogens (tertiary/aromatic N) is 2. The summed E-state index contributed by atoms with van der Waals surface area (Å²) in [6.07, 6.45) is 0.568. The average Bonchev–Trinajstić information content (AvgIpc) is 3.21. The summed E-state index contributed by atoms with van der Waals surface area (Å²) in [5.41, 5.74) is 3.60. The summed E-state index contributed by atoms with van der Waals surface area (Å²) in [6, 6.07) is 13.3. The number of hydrogen-bond donors (Lipinski definition) is 1. The van der Waals surface area contributed by atoms with Gasteiger partial charge < -0.3 is 19.3 Å². The number of nitrogens with one attached hydrogen (secondary N) is 1. The first-order chi connectivity index (χ1) is 18.4. The number of carbonyl (C=O) groups is 3. The van der Waals surface area contributed by atoms with Crippen LogP contribution in [-0.4, -0.2) is 103 Å². The van der Waals surface area contributed by atoms with Gasteiger partial charge in [0.25, 0.3) is 5.91 Å². The van der Waals surface area contributed by atoms with Crippen molar-refractivity contribution < 1.29 is 23.9 Å². The number of carbonyl (C=O) groups excluding carboxylic acids is 3. The monoisotopic (exact) mass is 521 g/mol. The molecule has 0 aliphatic carbocycles. The Hall–Kier alpha value is -2.84. The third kappa shape index (κ3) is 5.33. The van der Waals surface area contributed by atoms with Gasteiger partial charge in [0, 0.05) is 34.9 Å². The molecular formula is C25H33B6N3O5. The number of hydrogen-bond acceptors (Lipinski definition) is 6. The van der Waals surface area contributed by atoms with Gasteiger partial charge in [0.2, 0.25) is 11.8 Å². The topological polar surface area (TPSA) is 88.2 Å². The Labute approximate surface area is 235 Å². The fourth-order valence-corrected chi connectivity index (χ4v) is 6.06. The van der Waals surface area contributed by atoms with E-state index in [1.54, 1.807) is 17.0 Å². The summed E-state index contributed by atoms with van der Waals surface area (Å²) in [5, 5.41) is 1.86. The largest absolute Gasteiger partial charge is 0.489 e. The SMILES string of the molecule is BC1N(Cc2ccc(COc3cccc4c3CN(C3CCC(=O)NC3=O)C4=O)cc2)C(B)C(B)(B)OC1(B)B. The quantitative estimate of drug-likeness (QED) is 0.306. The lowest BCUT2D eigenvalue weighted by Gasteiger charge is -2.57. The molecule has 5 rings (SSSR count). The number of amides is 3. The first kappa shape index (κ1) is 27.7. The van der Waals surface area contributed by atoms with Crippen LogP contribution in [0.3, 0.4) is 0 Å². The second-order valence-electron chi connectivity index (χ2n) is 12.1. The molecule has 39 heavy (non-hydrogen) atoms. The molecular weight excluding hydrogens is 487 g/mol. The maximum absolute atomic E-state index is 13.1. The zero-order chi connectivity index (χ0) is 28.1. The molecule has 3 amide bonds. The number of fused-ring (bicyclic) bond motifs is 1. The van der Waals surface area contributed by atoms with Crippen LogP contribution in [0.4, 0.5) is 0 Å². The summed E-state index contributed by atoms with van der Waals surface area (Å²) in [5.74, 6) is 0.268. The normalized spacial score (nSPS) is 26.2. The number of piperidine rings is 1. The van der Waals surface area contributed by atoms with E-state index in [1.807, 2.05) is 6.07 Å². The standard InChI is InChI=1S/C25H33B6N3O5/c26-22-24(28,29)39-25(30,31)23(27)34(22)10-13-4-6-14(7-5-13)12-38-18-3-1-2-15-16(18)11-33(21(15)37)17-8-9-19(35)32-20(17)36/h1-7,17,22-23H,8-12,26-31H2,(H,32,35,36). The van der Waals surface area contributed by atoms with Crippen molar-refractivity contribution >= 4 is 64.8 Å². The zero-order valence-corrected chi connectivity index (χ0v) is 23.7.